The number of halogens is 3. The van der Waals surface area contributed by atoms with Gasteiger partial charge < -0.3 is 20.5 Å². The maximum Gasteiger partial charge on any atom is 0.573 e. The van der Waals surface area contributed by atoms with Crippen molar-refractivity contribution in [2.45, 2.75) is 44.5 Å². The molecule has 1 aliphatic heterocycles. The van der Waals surface area contributed by atoms with Gasteiger partial charge in [0.05, 0.1) is 19.1 Å². The van der Waals surface area contributed by atoms with E-state index < -0.39 is 12.3 Å². The first-order valence-corrected chi connectivity index (χ1v) is 12.3. The zero-order valence-corrected chi connectivity index (χ0v) is 20.8. The van der Waals surface area contributed by atoms with Crippen LogP contribution in [0.4, 0.5) is 13.2 Å². The Morgan fingerprint density at radius 3 is 2.78 bits per heavy atom. The van der Waals surface area contributed by atoms with Crippen molar-refractivity contribution in [2.75, 3.05) is 20.2 Å². The molecule has 0 radical (unpaired) electrons. The number of aromatic nitrogens is 2. The Hall–Kier alpha value is -3.52. The molecule has 1 aliphatic rings. The van der Waals surface area contributed by atoms with Crippen LogP contribution in [-0.4, -0.2) is 70.6 Å². The highest BCUT2D eigenvalue weighted by Crippen LogP contribution is 2.23. The molecule has 1 aromatic heterocycles. The van der Waals surface area contributed by atoms with Gasteiger partial charge in [-0.3, -0.25) is 14.6 Å². The topological polar surface area (TPSA) is 129 Å². The molecule has 2 amide bonds. The van der Waals surface area contributed by atoms with Crippen molar-refractivity contribution in [1.29, 1.82) is 0 Å². The van der Waals surface area contributed by atoms with E-state index in [0.717, 1.165) is 24.3 Å². The van der Waals surface area contributed by atoms with Gasteiger partial charge in [0.25, 0.3) is 5.91 Å². The zero-order valence-electron chi connectivity index (χ0n) is 20.0. The molecule has 0 fully saturated rings. The number of nitrogens with zero attached hydrogens (tertiary/aromatic N) is 4. The Morgan fingerprint density at radius 2 is 2.05 bits per heavy atom. The van der Waals surface area contributed by atoms with Gasteiger partial charge >= 0.3 is 6.36 Å². The van der Waals surface area contributed by atoms with Gasteiger partial charge in [-0.25, -0.2) is 0 Å². The van der Waals surface area contributed by atoms with Gasteiger partial charge in [-0.1, -0.05) is 36.0 Å². The number of carbonyl (C=O) groups is 2. The first kappa shape index (κ1) is 28.1. The SMILES string of the molecule is CN1N=C(NC(=O)Cc2cccc(OC(F)(F)F)c2)C=CC1CCCCc1nnc(C(=O)NCCO)s1. The minimum atomic E-state index is -4.80. The minimum absolute atomic E-state index is 0.0334. The second-order valence-electron chi connectivity index (χ2n) is 8.13. The van der Waals surface area contributed by atoms with Gasteiger partial charge in [0.1, 0.15) is 10.8 Å². The maximum atomic E-state index is 12.4. The van der Waals surface area contributed by atoms with Crippen LogP contribution in [0.25, 0.3) is 0 Å². The average Bonchev–Trinajstić information content (AvgIpc) is 3.29. The van der Waals surface area contributed by atoms with Crippen LogP contribution in [0.2, 0.25) is 0 Å². The number of alkyl halides is 3. The van der Waals surface area contributed by atoms with E-state index in [4.69, 9.17) is 5.11 Å². The van der Waals surface area contributed by atoms with E-state index in [1.54, 1.807) is 18.1 Å². The van der Waals surface area contributed by atoms with Gasteiger partial charge in [-0.15, -0.1) is 23.4 Å². The summed E-state index contributed by atoms with van der Waals surface area (Å²) in [5.74, 6) is -0.810. The summed E-state index contributed by atoms with van der Waals surface area (Å²) in [7, 11) is 1.79. The summed E-state index contributed by atoms with van der Waals surface area (Å²) in [5.41, 5.74) is 0.374. The van der Waals surface area contributed by atoms with E-state index in [1.807, 2.05) is 6.08 Å². The van der Waals surface area contributed by atoms with E-state index in [1.165, 1.54) is 35.6 Å². The summed E-state index contributed by atoms with van der Waals surface area (Å²) >= 11 is 1.23. The third-order valence-electron chi connectivity index (χ3n) is 5.18. The van der Waals surface area contributed by atoms with E-state index in [2.05, 4.69) is 30.7 Å². The Morgan fingerprint density at radius 1 is 1.24 bits per heavy atom. The molecule has 2 aromatic rings. The van der Waals surface area contributed by atoms with Crippen LogP contribution in [0.15, 0.2) is 41.5 Å². The fourth-order valence-corrected chi connectivity index (χ4v) is 4.30. The van der Waals surface area contributed by atoms with E-state index >= 15 is 0 Å². The number of unbranched alkanes of at least 4 members (excludes halogenated alkanes) is 1. The van der Waals surface area contributed by atoms with Gasteiger partial charge in [0, 0.05) is 20.0 Å². The molecule has 14 heteroatoms. The number of hydrazone groups is 1. The number of ether oxygens (including phenoxy) is 1. The largest absolute Gasteiger partial charge is 0.573 e. The Labute approximate surface area is 215 Å². The number of likely N-dealkylation sites (N-methyl/N-ethyl adjacent to an activating group) is 1. The molecule has 1 atom stereocenters. The Kier molecular flexibility index (Phi) is 9.97. The molecule has 200 valence electrons. The number of carbonyl (C=O) groups excluding carboxylic acids is 2. The number of nitrogens with one attached hydrogen (secondary N) is 2. The van der Waals surface area contributed by atoms with Crippen molar-refractivity contribution in [2.24, 2.45) is 5.10 Å². The van der Waals surface area contributed by atoms with Crippen LogP contribution in [0.1, 0.15) is 39.6 Å². The first-order chi connectivity index (χ1) is 17.6. The average molecular weight is 541 g/mol. The molecule has 0 saturated heterocycles. The standard InChI is InChI=1S/C23H27F3N6O4S/c1-32-16(6-2-3-8-20-29-30-22(37-20)21(35)27-11-12-33)9-10-18(31-32)28-19(34)14-15-5-4-7-17(13-15)36-23(24,25)26/h4-5,7,9-10,13,16,33H,2-3,6,8,11-12,14H2,1H3,(H,27,35)(H,28,31,34). The normalized spacial score (nSPS) is 15.3. The molecule has 1 aromatic carbocycles. The van der Waals surface area contributed by atoms with Crippen molar-refractivity contribution >= 4 is 29.0 Å². The molecule has 0 spiro atoms. The Balaban J connectivity index is 1.40. The summed E-state index contributed by atoms with van der Waals surface area (Å²) in [6, 6.07) is 5.30. The molecule has 3 N–H and O–H groups in total. The summed E-state index contributed by atoms with van der Waals surface area (Å²) < 4.78 is 41.1. The lowest BCUT2D eigenvalue weighted by molar-refractivity contribution is -0.274. The summed E-state index contributed by atoms with van der Waals surface area (Å²) in [5, 5.41) is 29.0. The van der Waals surface area contributed by atoms with Gasteiger partial charge in [0.2, 0.25) is 10.9 Å². The predicted octanol–water partition coefficient (Wildman–Crippen LogP) is 2.41. The summed E-state index contributed by atoms with van der Waals surface area (Å²) in [6.07, 6.45) is 1.91. The lowest BCUT2D eigenvalue weighted by Crippen LogP contribution is -2.37. The van der Waals surface area contributed by atoms with Crippen LogP contribution < -0.4 is 15.4 Å². The summed E-state index contributed by atoms with van der Waals surface area (Å²) in [4.78, 5) is 24.2. The highest BCUT2D eigenvalue weighted by molar-refractivity contribution is 7.13. The van der Waals surface area contributed by atoms with Crippen molar-refractivity contribution < 1.29 is 32.6 Å². The third-order valence-corrected chi connectivity index (χ3v) is 6.17. The highest BCUT2D eigenvalue weighted by Gasteiger charge is 2.31. The smallest absolute Gasteiger partial charge is 0.406 e. The van der Waals surface area contributed by atoms with Crippen LogP contribution in [0, 0.1) is 0 Å². The molecule has 37 heavy (non-hydrogen) atoms. The van der Waals surface area contributed by atoms with Crippen molar-refractivity contribution in [1.82, 2.24) is 25.8 Å². The highest BCUT2D eigenvalue weighted by atomic mass is 32.1. The first-order valence-electron chi connectivity index (χ1n) is 11.5. The zero-order chi connectivity index (χ0) is 26.8. The fraction of sp³-hybridized carbons (Fsp3) is 0.435. The van der Waals surface area contributed by atoms with E-state index in [0.29, 0.717) is 17.8 Å². The molecule has 0 aliphatic carbocycles. The fourth-order valence-electron chi connectivity index (χ4n) is 3.50. The maximum absolute atomic E-state index is 12.4. The lowest BCUT2D eigenvalue weighted by Gasteiger charge is -2.26. The quantitative estimate of drug-likeness (QED) is 0.374. The lowest BCUT2D eigenvalue weighted by atomic mass is 10.1. The van der Waals surface area contributed by atoms with Gasteiger partial charge in [-0.05, 0) is 36.6 Å². The van der Waals surface area contributed by atoms with Crippen molar-refractivity contribution in [3.63, 3.8) is 0 Å². The Bertz CT molecular complexity index is 1140. The van der Waals surface area contributed by atoms with Crippen LogP contribution in [-0.2, 0) is 17.6 Å². The molecule has 3 rings (SSSR count). The third kappa shape index (κ3) is 9.46. The molecule has 10 nitrogen and oxygen atoms in total. The van der Waals surface area contributed by atoms with Crippen molar-refractivity contribution in [3.05, 3.63) is 52.0 Å². The second-order valence-corrected chi connectivity index (χ2v) is 9.19. The number of aryl methyl sites for hydroxylation is 1. The van der Waals surface area contributed by atoms with Crippen molar-refractivity contribution in [3.8, 4) is 5.75 Å². The minimum Gasteiger partial charge on any atom is -0.406 e. The molecular formula is C23H27F3N6O4S. The van der Waals surface area contributed by atoms with Crippen LogP contribution in [0.3, 0.4) is 0 Å². The van der Waals surface area contributed by atoms with E-state index in [9.17, 15) is 22.8 Å². The number of hydrogen-bond acceptors (Lipinski definition) is 9. The number of aliphatic hydroxyl groups is 1. The summed E-state index contributed by atoms with van der Waals surface area (Å²) in [6.45, 7) is 0.0245. The monoisotopic (exact) mass is 540 g/mol. The molecule has 1 unspecified atom stereocenters. The number of aliphatic hydroxyl groups excluding tert-OH is 1. The number of amides is 2. The van der Waals surface area contributed by atoms with Crippen LogP contribution >= 0.6 is 11.3 Å². The molecule has 2 heterocycles. The number of rotatable bonds is 11. The number of benzene rings is 1. The van der Waals surface area contributed by atoms with Gasteiger partial charge in [-0.2, -0.15) is 5.10 Å². The van der Waals surface area contributed by atoms with Crippen LogP contribution in [0.5, 0.6) is 5.75 Å². The molecule has 0 bridgehead atoms. The predicted molar refractivity (Wildman–Crippen MR) is 130 cm³/mol. The number of hydrogen-bond donors (Lipinski definition) is 3. The molecular weight excluding hydrogens is 513 g/mol. The molecule has 0 saturated carbocycles. The number of amidine groups is 1. The second kappa shape index (κ2) is 13.1. The van der Waals surface area contributed by atoms with Gasteiger partial charge in [0.15, 0.2) is 5.84 Å². The van der Waals surface area contributed by atoms with E-state index in [-0.39, 0.29) is 42.3 Å².